The van der Waals surface area contributed by atoms with Gasteiger partial charge in [-0.05, 0) is 30.9 Å². The van der Waals surface area contributed by atoms with Gasteiger partial charge in [-0.15, -0.1) is 0 Å². The van der Waals surface area contributed by atoms with Crippen molar-refractivity contribution in [2.45, 2.75) is 25.2 Å². The number of nitrogens with zero attached hydrogens (tertiary/aromatic N) is 2. The van der Waals surface area contributed by atoms with E-state index < -0.39 is 5.41 Å². The van der Waals surface area contributed by atoms with Crippen molar-refractivity contribution in [2.75, 3.05) is 13.1 Å². The molecule has 0 spiro atoms. The number of likely N-dealkylation sites (tertiary alicyclic amines) is 1. The first-order valence-corrected chi connectivity index (χ1v) is 6.64. The fourth-order valence-electron chi connectivity index (χ4n) is 3.01. The zero-order valence-electron chi connectivity index (χ0n) is 10.6. The van der Waals surface area contributed by atoms with Gasteiger partial charge >= 0.3 is 0 Å². The van der Waals surface area contributed by atoms with Crippen LogP contribution in [0.4, 0.5) is 4.39 Å². The Balaban J connectivity index is 1.86. The molecule has 1 aliphatic heterocycles. The highest BCUT2D eigenvalue weighted by Gasteiger charge is 2.63. The molecule has 2 atom stereocenters. The zero-order chi connectivity index (χ0) is 13.5. The Morgan fingerprint density at radius 2 is 2.05 bits per heavy atom. The lowest BCUT2D eigenvalue weighted by Crippen LogP contribution is -2.35. The van der Waals surface area contributed by atoms with E-state index in [1.54, 1.807) is 23.1 Å². The SMILES string of the molecule is N#C[C@]1(C(=O)N2CCCC2)C[C@@H]1c1ccccc1F. The molecule has 3 nitrogen and oxygen atoms in total. The summed E-state index contributed by atoms with van der Waals surface area (Å²) in [4.78, 5) is 14.2. The highest BCUT2D eigenvalue weighted by molar-refractivity contribution is 5.90. The first kappa shape index (κ1) is 12.2. The minimum Gasteiger partial charge on any atom is -0.341 e. The third-order valence-electron chi connectivity index (χ3n) is 4.22. The van der Waals surface area contributed by atoms with Crippen LogP contribution in [0.5, 0.6) is 0 Å². The van der Waals surface area contributed by atoms with Gasteiger partial charge in [0.25, 0.3) is 0 Å². The Labute approximate surface area is 111 Å². The molecule has 1 saturated heterocycles. The molecule has 2 fully saturated rings. The molecule has 0 N–H and O–H groups in total. The lowest BCUT2D eigenvalue weighted by atomic mass is 9.98. The topological polar surface area (TPSA) is 44.1 Å². The van der Waals surface area contributed by atoms with Gasteiger partial charge in [-0.2, -0.15) is 5.26 Å². The minimum atomic E-state index is -1.02. The van der Waals surface area contributed by atoms with E-state index in [1.165, 1.54) is 6.07 Å². The maximum absolute atomic E-state index is 13.8. The van der Waals surface area contributed by atoms with Crippen LogP contribution < -0.4 is 0 Å². The molecule has 1 aromatic carbocycles. The molecular weight excluding hydrogens is 243 g/mol. The summed E-state index contributed by atoms with van der Waals surface area (Å²) in [6.07, 6.45) is 2.44. The number of nitriles is 1. The van der Waals surface area contributed by atoms with Crippen LogP contribution in [0.2, 0.25) is 0 Å². The summed E-state index contributed by atoms with van der Waals surface area (Å²) in [6.45, 7) is 1.46. The molecule has 3 rings (SSSR count). The summed E-state index contributed by atoms with van der Waals surface area (Å²) < 4.78 is 13.8. The van der Waals surface area contributed by atoms with E-state index in [0.29, 0.717) is 12.0 Å². The van der Waals surface area contributed by atoms with E-state index >= 15 is 0 Å². The van der Waals surface area contributed by atoms with Crippen molar-refractivity contribution in [1.29, 1.82) is 5.26 Å². The highest BCUT2D eigenvalue weighted by atomic mass is 19.1. The summed E-state index contributed by atoms with van der Waals surface area (Å²) in [5.41, 5.74) is -0.524. The highest BCUT2D eigenvalue weighted by Crippen LogP contribution is 2.60. The van der Waals surface area contributed by atoms with E-state index in [-0.39, 0.29) is 17.6 Å². The summed E-state index contributed by atoms with van der Waals surface area (Å²) in [7, 11) is 0. The Bertz CT molecular complexity index is 560. The summed E-state index contributed by atoms with van der Waals surface area (Å²) >= 11 is 0. The molecule has 1 saturated carbocycles. The molecule has 19 heavy (non-hydrogen) atoms. The second kappa shape index (κ2) is 4.34. The van der Waals surface area contributed by atoms with Gasteiger partial charge in [0.15, 0.2) is 0 Å². The van der Waals surface area contributed by atoms with Gasteiger partial charge in [0, 0.05) is 19.0 Å². The number of hydrogen-bond acceptors (Lipinski definition) is 2. The minimum absolute atomic E-state index is 0.110. The molecule has 1 aliphatic carbocycles. The van der Waals surface area contributed by atoms with Crippen LogP contribution in [-0.2, 0) is 4.79 Å². The van der Waals surface area contributed by atoms with Crippen molar-refractivity contribution >= 4 is 5.91 Å². The van der Waals surface area contributed by atoms with Gasteiger partial charge < -0.3 is 4.90 Å². The Kier molecular flexibility index (Phi) is 2.78. The van der Waals surface area contributed by atoms with Gasteiger partial charge in [-0.25, -0.2) is 4.39 Å². The molecule has 2 aliphatic rings. The summed E-state index contributed by atoms with van der Waals surface area (Å²) in [5.74, 6) is -0.716. The maximum atomic E-state index is 13.8. The van der Waals surface area contributed by atoms with E-state index in [2.05, 4.69) is 6.07 Å². The second-order valence-electron chi connectivity index (χ2n) is 5.36. The van der Waals surface area contributed by atoms with Crippen molar-refractivity contribution in [2.24, 2.45) is 5.41 Å². The number of carbonyl (C=O) groups is 1. The average Bonchev–Trinajstić information content (AvgIpc) is 2.92. The van der Waals surface area contributed by atoms with Crippen molar-refractivity contribution in [3.05, 3.63) is 35.6 Å². The molecule has 0 radical (unpaired) electrons. The number of rotatable bonds is 2. The van der Waals surface area contributed by atoms with Crippen LogP contribution >= 0.6 is 0 Å². The van der Waals surface area contributed by atoms with Gasteiger partial charge in [-0.3, -0.25) is 4.79 Å². The molecular formula is C15H15FN2O. The molecule has 4 heteroatoms. The molecule has 0 unspecified atom stereocenters. The number of carbonyl (C=O) groups excluding carboxylic acids is 1. The molecule has 1 heterocycles. The van der Waals surface area contributed by atoms with Gasteiger partial charge in [0.2, 0.25) is 5.91 Å². The summed E-state index contributed by atoms with van der Waals surface area (Å²) in [5, 5.41) is 9.39. The Morgan fingerprint density at radius 1 is 1.37 bits per heavy atom. The van der Waals surface area contributed by atoms with Crippen LogP contribution in [0.1, 0.15) is 30.7 Å². The normalized spacial score (nSPS) is 29.1. The van der Waals surface area contributed by atoms with Gasteiger partial charge in [-0.1, -0.05) is 18.2 Å². The van der Waals surface area contributed by atoms with E-state index in [4.69, 9.17) is 0 Å². The van der Waals surface area contributed by atoms with Crippen LogP contribution in [0.15, 0.2) is 24.3 Å². The van der Waals surface area contributed by atoms with Crippen molar-refractivity contribution < 1.29 is 9.18 Å². The monoisotopic (exact) mass is 258 g/mol. The third-order valence-corrected chi connectivity index (χ3v) is 4.22. The molecule has 0 bridgehead atoms. The molecule has 1 aromatic rings. The van der Waals surface area contributed by atoms with E-state index in [9.17, 15) is 14.4 Å². The second-order valence-corrected chi connectivity index (χ2v) is 5.36. The lowest BCUT2D eigenvalue weighted by molar-refractivity contribution is -0.134. The van der Waals surface area contributed by atoms with Crippen LogP contribution in [0.3, 0.4) is 0 Å². The van der Waals surface area contributed by atoms with E-state index in [1.807, 2.05) is 0 Å². The van der Waals surface area contributed by atoms with Crippen LogP contribution in [0.25, 0.3) is 0 Å². The zero-order valence-corrected chi connectivity index (χ0v) is 10.6. The predicted molar refractivity (Wildman–Crippen MR) is 67.6 cm³/mol. The van der Waals surface area contributed by atoms with Crippen molar-refractivity contribution in [1.82, 2.24) is 4.90 Å². The van der Waals surface area contributed by atoms with Crippen LogP contribution in [-0.4, -0.2) is 23.9 Å². The summed E-state index contributed by atoms with van der Waals surface area (Å²) in [6, 6.07) is 8.58. The fraction of sp³-hybridized carbons (Fsp3) is 0.467. The largest absolute Gasteiger partial charge is 0.341 e. The smallest absolute Gasteiger partial charge is 0.243 e. The lowest BCUT2D eigenvalue weighted by Gasteiger charge is -2.19. The first-order chi connectivity index (χ1) is 9.19. The quantitative estimate of drug-likeness (QED) is 0.817. The molecule has 1 amide bonds. The standard InChI is InChI=1S/C15H15FN2O/c16-13-6-2-1-5-11(13)12-9-15(12,10-17)14(19)18-7-3-4-8-18/h1-2,5-6,12H,3-4,7-9H2/t12-,15-/m1/s1. The maximum Gasteiger partial charge on any atom is 0.243 e. The van der Waals surface area contributed by atoms with Crippen molar-refractivity contribution in [3.63, 3.8) is 0 Å². The predicted octanol–water partition coefficient (Wildman–Crippen LogP) is 2.45. The van der Waals surface area contributed by atoms with Crippen molar-refractivity contribution in [3.8, 4) is 6.07 Å². The van der Waals surface area contributed by atoms with Gasteiger partial charge in [0.1, 0.15) is 11.2 Å². The first-order valence-electron chi connectivity index (χ1n) is 6.64. The number of benzene rings is 1. The van der Waals surface area contributed by atoms with Gasteiger partial charge in [0.05, 0.1) is 6.07 Å². The number of halogens is 1. The third kappa shape index (κ3) is 1.81. The number of amides is 1. The van der Waals surface area contributed by atoms with Crippen LogP contribution in [0, 0.1) is 22.6 Å². The number of hydrogen-bond donors (Lipinski definition) is 0. The van der Waals surface area contributed by atoms with E-state index in [0.717, 1.165) is 25.9 Å². The average molecular weight is 258 g/mol. The Hall–Kier alpha value is -1.89. The fourth-order valence-corrected chi connectivity index (χ4v) is 3.01. The Morgan fingerprint density at radius 3 is 2.68 bits per heavy atom. The molecule has 98 valence electrons. The molecule has 0 aromatic heterocycles.